The van der Waals surface area contributed by atoms with Crippen LogP contribution < -0.4 is 95.6 Å². The van der Waals surface area contributed by atoms with Gasteiger partial charge in [0.15, 0.2) is 0 Å². The number of carboxylic acids is 1. The second-order valence-corrected chi connectivity index (χ2v) is 14.7. The Morgan fingerprint density at radius 1 is 0.574 bits per heavy atom. The number of carbonyl (C=O) groups is 4. The van der Waals surface area contributed by atoms with Crippen LogP contribution in [0.1, 0.15) is 135 Å². The summed E-state index contributed by atoms with van der Waals surface area (Å²) in [5.41, 5.74) is 32.5. The molecule has 4 unspecified atom stereocenters. The quantitative estimate of drug-likeness (QED) is 0.0237. The minimum Gasteiger partial charge on any atom is -0.677 e. The Bertz CT molecular complexity index is 993. The second-order valence-electron chi connectivity index (χ2n) is 14.7. The molecule has 0 aliphatic carbocycles. The van der Waals surface area contributed by atoms with Gasteiger partial charge >= 0.3 is 57.4 Å². The third kappa shape index (κ3) is 45.2. The molecule has 0 aliphatic rings. The van der Waals surface area contributed by atoms with Crippen LogP contribution >= 0.6 is 0 Å². The first-order chi connectivity index (χ1) is 28.6. The number of aliphatic carboxylic acids is 1. The zero-order valence-corrected chi connectivity index (χ0v) is 43.9. The normalized spacial score (nSPS) is 12.7. The predicted octanol–water partition coefficient (Wildman–Crippen LogP) is 0.550. The summed E-state index contributed by atoms with van der Waals surface area (Å²) in [6, 6.07) is -4.14. The number of carbonyl (C=O) groups excluding carboxylic acids is 3. The van der Waals surface area contributed by atoms with E-state index < -0.39 is 47.9 Å². The molecule has 0 saturated carbocycles. The van der Waals surface area contributed by atoms with Gasteiger partial charge < -0.3 is 70.4 Å². The van der Waals surface area contributed by atoms with Crippen molar-refractivity contribution in [3.05, 3.63) is 19.8 Å². The first-order valence-corrected chi connectivity index (χ1v) is 22.2. The molecule has 0 aromatic carbocycles. The third-order valence-corrected chi connectivity index (χ3v) is 9.55. The molecule has 13 N–H and O–H groups in total. The van der Waals surface area contributed by atoms with Crippen LogP contribution in [-0.2, 0) is 66.1 Å². The minimum atomic E-state index is -1.17. The first kappa shape index (κ1) is 67.8. The molecule has 17 nitrogen and oxygen atoms in total. The van der Waals surface area contributed by atoms with Crippen LogP contribution in [0.25, 0.3) is 5.73 Å². The number of amides is 3. The summed E-state index contributed by atoms with van der Waals surface area (Å²) >= 11 is 0. The maximum atomic E-state index is 13.4. The van der Waals surface area contributed by atoms with E-state index in [1.165, 1.54) is 44.9 Å². The minimum absolute atomic E-state index is 0. The van der Waals surface area contributed by atoms with E-state index in [4.69, 9.17) is 38.1 Å². The molecule has 0 fully saturated rings. The number of nitrogens with two attached hydrogens (primary N) is 3. The number of unbranched alkanes of at least 4 members (excludes halogenated alkanes) is 12. The number of ether oxygens (including phenoxy) is 3. The van der Waals surface area contributed by atoms with Gasteiger partial charge in [-0.05, 0) is 103 Å². The molecule has 19 heteroatoms. The van der Waals surface area contributed by atoms with Crippen LogP contribution in [-0.4, -0.2) is 125 Å². The van der Waals surface area contributed by atoms with E-state index in [1.54, 1.807) is 0 Å². The van der Waals surface area contributed by atoms with E-state index in [2.05, 4.69) is 40.0 Å². The summed E-state index contributed by atoms with van der Waals surface area (Å²) in [6.07, 6.45) is 17.2. The van der Waals surface area contributed by atoms with Gasteiger partial charge in [-0.2, -0.15) is 6.54 Å². The molecule has 4 atom stereocenters. The number of hydrogen-bond donors (Lipinski definition) is 8. The van der Waals surface area contributed by atoms with Gasteiger partial charge in [-0.1, -0.05) is 70.8 Å². The van der Waals surface area contributed by atoms with Crippen molar-refractivity contribution in [2.45, 2.75) is 159 Å². The maximum Gasteiger partial charge on any atom is 1.00 e. The number of hydrogen-bond acceptors (Lipinski definition) is 11. The Labute approximate surface area is 437 Å². The summed E-state index contributed by atoms with van der Waals surface area (Å²) in [4.78, 5) is 51.3. The van der Waals surface area contributed by atoms with Crippen LogP contribution in [0, 0.1) is 14.0 Å². The van der Waals surface area contributed by atoms with Crippen molar-refractivity contribution in [3.8, 4) is 0 Å². The zero-order chi connectivity index (χ0) is 44.2. The van der Waals surface area contributed by atoms with Crippen molar-refractivity contribution in [1.82, 2.24) is 27.0 Å². The van der Waals surface area contributed by atoms with E-state index >= 15 is 0 Å². The molecule has 0 aromatic rings. The molecule has 352 valence electrons. The van der Waals surface area contributed by atoms with Gasteiger partial charge in [0.05, 0.1) is 25.9 Å². The van der Waals surface area contributed by atoms with Crippen molar-refractivity contribution >= 4 is 23.7 Å². The predicted molar refractivity (Wildman–Crippen MR) is 235 cm³/mol. The van der Waals surface area contributed by atoms with Gasteiger partial charge in [-0.25, -0.2) is 17.6 Å². The summed E-state index contributed by atoms with van der Waals surface area (Å²) in [5.74, 6) is -2.89. The molecule has 0 bridgehead atoms. The molecule has 3 amide bonds. The molecule has 0 rings (SSSR count). The third-order valence-electron chi connectivity index (χ3n) is 9.55. The summed E-state index contributed by atoms with van der Waals surface area (Å²) in [5, 5.41) is 21.0. The first-order valence-electron chi connectivity index (χ1n) is 22.2. The van der Waals surface area contributed by atoms with Crippen LogP contribution in [0.15, 0.2) is 0 Å². The molecule has 0 spiro atoms. The number of nitrogens with one attached hydrogen (secondary N) is 6. The van der Waals surface area contributed by atoms with E-state index in [-0.39, 0.29) is 110 Å². The number of rotatable bonds is 42. The van der Waals surface area contributed by atoms with Gasteiger partial charge in [-0.15, -0.1) is 0 Å². The standard InChI is InChI=1S/C35H71N9O5.C7H14O3.K.Y/c36-22-12-6-4-2-1-3-5-7-16-26-41-27-17-11-18-28(40)32(45)42-29(19-8-13-23-37)33(46)43-30(20-9-14-24-38)34(47)44-31(35(48)49)21-10-15-25-39;1-3-9-6-7-10-5-4-8-2;;/h28-31,37,40-41H,1-27,36,38-39H2,(H,42,45)(H,43,46)(H,44,47)(H,48,49);1-7H2;;/q-1;-2;+1;. The molecule has 61 heavy (non-hydrogen) atoms. The van der Waals surface area contributed by atoms with Crippen LogP contribution in [0.4, 0.5) is 0 Å². The van der Waals surface area contributed by atoms with E-state index in [0.29, 0.717) is 97.5 Å². The van der Waals surface area contributed by atoms with Gasteiger partial charge in [0, 0.05) is 39.3 Å². The van der Waals surface area contributed by atoms with E-state index in [1.807, 2.05) is 0 Å². The van der Waals surface area contributed by atoms with E-state index in [0.717, 1.165) is 38.9 Å². The smallest absolute Gasteiger partial charge is 0.677 e. The molecule has 2 radical (unpaired) electrons. The second kappa shape index (κ2) is 52.9. The average molecular weight is 972 g/mol. The van der Waals surface area contributed by atoms with Crippen molar-refractivity contribution in [2.24, 2.45) is 17.2 Å². The fourth-order valence-electron chi connectivity index (χ4n) is 6.00. The van der Waals surface area contributed by atoms with Crippen LogP contribution in [0.5, 0.6) is 0 Å². The van der Waals surface area contributed by atoms with Crippen molar-refractivity contribution in [1.29, 1.82) is 0 Å². The molecule has 0 heterocycles. The SMILES string of the molecule is [CH2-]COCCOCCO[CH2-].[K+].[NH]C(CCCCNCCCCCCCCCCCN)C(=O)NC(CCCC[NH-])C(=O)NC(CCCCN)C(=O)NC(CCCCN)C(=O)O.[Y]. The summed E-state index contributed by atoms with van der Waals surface area (Å²) < 4.78 is 14.5. The van der Waals surface area contributed by atoms with Gasteiger partial charge in [0.1, 0.15) is 18.1 Å². The molecular formula is C42H85KN9O8Y-2. The largest absolute Gasteiger partial charge is 1.00 e. The van der Waals surface area contributed by atoms with Crippen molar-refractivity contribution < 1.29 is 123 Å². The van der Waals surface area contributed by atoms with Crippen LogP contribution in [0.2, 0.25) is 0 Å². The Balaban J connectivity index is -0.00000119. The van der Waals surface area contributed by atoms with Crippen molar-refractivity contribution in [3.63, 3.8) is 0 Å². The van der Waals surface area contributed by atoms with Gasteiger partial charge in [0.2, 0.25) is 17.7 Å². The maximum absolute atomic E-state index is 13.4. The Kier molecular flexibility index (Phi) is 58.8. The molecule has 0 aliphatic heterocycles. The van der Waals surface area contributed by atoms with Gasteiger partial charge in [-0.3, -0.25) is 14.4 Å². The fourth-order valence-corrected chi connectivity index (χ4v) is 6.00. The summed E-state index contributed by atoms with van der Waals surface area (Å²) in [7, 11) is 3.20. The molecular weight excluding hydrogens is 887 g/mol. The number of carboxylic acid groups (broad SMARTS) is 1. The monoisotopic (exact) mass is 972 g/mol. The Morgan fingerprint density at radius 3 is 1.46 bits per heavy atom. The van der Waals surface area contributed by atoms with Gasteiger partial charge in [0.25, 0.3) is 0 Å². The van der Waals surface area contributed by atoms with Crippen LogP contribution in [0.3, 0.4) is 0 Å². The van der Waals surface area contributed by atoms with E-state index in [9.17, 15) is 24.3 Å². The fraction of sp³-hybridized carbons (Fsp3) is 0.857. The molecule has 0 saturated heterocycles. The zero-order valence-electron chi connectivity index (χ0n) is 38.0. The Morgan fingerprint density at radius 2 is 0.967 bits per heavy atom. The van der Waals surface area contributed by atoms with Crippen molar-refractivity contribution in [2.75, 3.05) is 72.3 Å². The molecule has 0 aromatic heterocycles. The topological polar surface area (TPSA) is 290 Å². The average Bonchev–Trinajstić information content (AvgIpc) is 3.22. The summed E-state index contributed by atoms with van der Waals surface area (Å²) in [6.45, 7) is 9.89. The Hall–Kier alpha value is 0.260.